The van der Waals surface area contributed by atoms with Crippen LogP contribution in [0.3, 0.4) is 0 Å². The summed E-state index contributed by atoms with van der Waals surface area (Å²) in [6.45, 7) is 0. The SMILES string of the molecule is c1ccc(-c2ccc(N(c3ccc(-c4ccccc4)cc3)c3ccc(-c4cccc(-c5ccc(-c6ccc7sc8ccc(-c9ccccc9)cc8c7c6)cc5)c4)cc3)cc2)cc1. The van der Waals surface area contributed by atoms with Crippen LogP contribution in [0.4, 0.5) is 17.1 Å². The Kier molecular flexibility index (Phi) is 9.82. The maximum Gasteiger partial charge on any atom is 0.0462 e. The first kappa shape index (κ1) is 37.2. The topological polar surface area (TPSA) is 3.24 Å². The van der Waals surface area contributed by atoms with Crippen LogP contribution < -0.4 is 4.90 Å². The van der Waals surface area contributed by atoms with E-state index in [-0.39, 0.29) is 0 Å². The summed E-state index contributed by atoms with van der Waals surface area (Å²) in [5.41, 5.74) is 17.9. The molecule has 2 heteroatoms. The second-order valence-corrected chi connectivity index (χ2v) is 16.8. The Bertz CT molecular complexity index is 3200. The maximum atomic E-state index is 2.36. The molecule has 0 atom stereocenters. The quantitative estimate of drug-likeness (QED) is 0.140. The second kappa shape index (κ2) is 16.3. The molecule has 0 saturated heterocycles. The van der Waals surface area contributed by atoms with E-state index in [1.54, 1.807) is 0 Å². The molecule has 1 aromatic heterocycles. The van der Waals surface area contributed by atoms with Crippen molar-refractivity contribution in [1.82, 2.24) is 0 Å². The van der Waals surface area contributed by atoms with Crippen molar-refractivity contribution >= 4 is 48.6 Å². The molecule has 0 saturated carbocycles. The van der Waals surface area contributed by atoms with Gasteiger partial charge in [-0.25, -0.2) is 0 Å². The van der Waals surface area contributed by atoms with Crippen molar-refractivity contribution < 1.29 is 0 Å². The molecular formula is C60H41NS. The zero-order valence-corrected chi connectivity index (χ0v) is 34.8. The van der Waals surface area contributed by atoms with Crippen LogP contribution in [0.1, 0.15) is 0 Å². The van der Waals surface area contributed by atoms with Gasteiger partial charge in [0.05, 0.1) is 0 Å². The molecule has 1 nitrogen and oxygen atoms in total. The molecule has 0 amide bonds. The van der Waals surface area contributed by atoms with E-state index in [0.29, 0.717) is 0 Å². The summed E-state index contributed by atoms with van der Waals surface area (Å²) in [5.74, 6) is 0. The van der Waals surface area contributed by atoms with E-state index >= 15 is 0 Å². The average Bonchev–Trinajstić information content (AvgIpc) is 3.73. The predicted molar refractivity (Wildman–Crippen MR) is 267 cm³/mol. The Hall–Kier alpha value is -7.78. The van der Waals surface area contributed by atoms with Gasteiger partial charge in [-0.05, 0) is 133 Å². The summed E-state index contributed by atoms with van der Waals surface area (Å²) in [5, 5.41) is 2.63. The number of rotatable bonds is 9. The molecule has 0 N–H and O–H groups in total. The molecule has 0 radical (unpaired) electrons. The number of anilines is 3. The lowest BCUT2D eigenvalue weighted by atomic mass is 9.96. The molecule has 292 valence electrons. The summed E-state index contributed by atoms with van der Waals surface area (Å²) in [7, 11) is 0. The monoisotopic (exact) mass is 807 g/mol. The molecule has 0 bridgehead atoms. The third-order valence-electron chi connectivity index (χ3n) is 11.9. The van der Waals surface area contributed by atoms with Crippen LogP contribution in [0.2, 0.25) is 0 Å². The predicted octanol–water partition coefficient (Wildman–Crippen LogP) is 17.5. The van der Waals surface area contributed by atoms with Crippen molar-refractivity contribution in [3.8, 4) is 66.8 Å². The van der Waals surface area contributed by atoms with Crippen molar-refractivity contribution in [3.05, 3.63) is 249 Å². The first-order valence-corrected chi connectivity index (χ1v) is 22.0. The average molecular weight is 808 g/mol. The number of thiophene rings is 1. The minimum Gasteiger partial charge on any atom is -0.311 e. The fraction of sp³-hybridized carbons (Fsp3) is 0. The van der Waals surface area contributed by atoms with E-state index in [1.165, 1.54) is 86.9 Å². The van der Waals surface area contributed by atoms with Gasteiger partial charge in [-0.3, -0.25) is 0 Å². The number of hydrogen-bond donors (Lipinski definition) is 0. The Morgan fingerprint density at radius 3 is 0.839 bits per heavy atom. The van der Waals surface area contributed by atoms with Crippen LogP contribution in [0.25, 0.3) is 86.9 Å². The van der Waals surface area contributed by atoms with Gasteiger partial charge in [0.15, 0.2) is 0 Å². The van der Waals surface area contributed by atoms with Gasteiger partial charge in [-0.2, -0.15) is 0 Å². The van der Waals surface area contributed by atoms with Gasteiger partial charge in [0.2, 0.25) is 0 Å². The molecule has 1 heterocycles. The van der Waals surface area contributed by atoms with Crippen molar-refractivity contribution in [2.24, 2.45) is 0 Å². The van der Waals surface area contributed by atoms with Crippen molar-refractivity contribution in [2.75, 3.05) is 4.90 Å². The Morgan fingerprint density at radius 2 is 0.468 bits per heavy atom. The van der Waals surface area contributed by atoms with Gasteiger partial charge in [-0.15, -0.1) is 11.3 Å². The third-order valence-corrected chi connectivity index (χ3v) is 13.1. The standard InChI is InChI=1S/C60H41NS/c1-4-11-42(12-5-1)45-23-31-54(32-24-45)61(55-33-25-46(26-34-55)43-13-6-2-7-14-43)56-35-27-49(28-36-56)51-18-10-17-50(39-51)47-19-21-48(22-20-47)53-30-38-60-58(41-53)57-40-52(29-37-59(57)62-60)44-15-8-3-9-16-44/h1-41H. The first-order chi connectivity index (χ1) is 30.7. The van der Waals surface area contributed by atoms with Crippen molar-refractivity contribution in [3.63, 3.8) is 0 Å². The van der Waals surface area contributed by atoms with Crippen LogP contribution in [0.5, 0.6) is 0 Å². The molecule has 11 rings (SSSR count). The highest BCUT2D eigenvalue weighted by atomic mass is 32.1. The zero-order chi connectivity index (χ0) is 41.2. The fourth-order valence-corrected chi connectivity index (χ4v) is 9.68. The number of hydrogen-bond acceptors (Lipinski definition) is 2. The van der Waals surface area contributed by atoms with Gasteiger partial charge in [0.25, 0.3) is 0 Å². The van der Waals surface area contributed by atoms with Crippen LogP contribution in [0, 0.1) is 0 Å². The lowest BCUT2D eigenvalue weighted by Crippen LogP contribution is -2.09. The maximum absolute atomic E-state index is 2.36. The van der Waals surface area contributed by atoms with Crippen LogP contribution >= 0.6 is 11.3 Å². The third kappa shape index (κ3) is 7.38. The Balaban J connectivity index is 0.868. The highest BCUT2D eigenvalue weighted by molar-refractivity contribution is 7.25. The normalized spacial score (nSPS) is 11.2. The summed E-state index contributed by atoms with van der Waals surface area (Å²) in [6, 6.07) is 90.2. The molecule has 10 aromatic carbocycles. The molecule has 0 aliphatic rings. The zero-order valence-electron chi connectivity index (χ0n) is 34.0. The number of benzene rings is 10. The van der Waals surface area contributed by atoms with Gasteiger partial charge >= 0.3 is 0 Å². The molecular weight excluding hydrogens is 767 g/mol. The lowest BCUT2D eigenvalue weighted by molar-refractivity contribution is 1.28. The fourth-order valence-electron chi connectivity index (χ4n) is 8.62. The highest BCUT2D eigenvalue weighted by Crippen LogP contribution is 2.40. The van der Waals surface area contributed by atoms with Gasteiger partial charge in [0, 0.05) is 37.2 Å². The van der Waals surface area contributed by atoms with E-state index in [0.717, 1.165) is 17.1 Å². The number of fused-ring (bicyclic) bond motifs is 3. The first-order valence-electron chi connectivity index (χ1n) is 21.1. The molecule has 0 unspecified atom stereocenters. The molecule has 0 aliphatic heterocycles. The molecule has 11 aromatic rings. The molecule has 62 heavy (non-hydrogen) atoms. The summed E-state index contributed by atoms with van der Waals surface area (Å²) in [4.78, 5) is 2.34. The van der Waals surface area contributed by atoms with E-state index < -0.39 is 0 Å². The summed E-state index contributed by atoms with van der Waals surface area (Å²) in [6.07, 6.45) is 0. The number of nitrogens with zero attached hydrogens (tertiary/aromatic N) is 1. The Labute approximate surface area is 367 Å². The van der Waals surface area contributed by atoms with Crippen molar-refractivity contribution in [1.29, 1.82) is 0 Å². The largest absolute Gasteiger partial charge is 0.311 e. The Morgan fingerprint density at radius 1 is 0.210 bits per heavy atom. The van der Waals surface area contributed by atoms with Gasteiger partial charge in [0.1, 0.15) is 0 Å². The minimum atomic E-state index is 1.10. The van der Waals surface area contributed by atoms with Crippen LogP contribution in [0.15, 0.2) is 249 Å². The molecule has 0 fully saturated rings. The molecule has 0 spiro atoms. The summed E-state index contributed by atoms with van der Waals surface area (Å²) < 4.78 is 2.64. The minimum absolute atomic E-state index is 1.10. The van der Waals surface area contributed by atoms with E-state index in [4.69, 9.17) is 0 Å². The van der Waals surface area contributed by atoms with E-state index in [9.17, 15) is 0 Å². The van der Waals surface area contributed by atoms with E-state index in [2.05, 4.69) is 254 Å². The lowest BCUT2D eigenvalue weighted by Gasteiger charge is -2.26. The van der Waals surface area contributed by atoms with E-state index in [1.807, 2.05) is 11.3 Å². The summed E-state index contributed by atoms with van der Waals surface area (Å²) >= 11 is 1.87. The van der Waals surface area contributed by atoms with Crippen LogP contribution in [-0.4, -0.2) is 0 Å². The second-order valence-electron chi connectivity index (χ2n) is 15.8. The smallest absolute Gasteiger partial charge is 0.0462 e. The van der Waals surface area contributed by atoms with Crippen molar-refractivity contribution in [2.45, 2.75) is 0 Å². The van der Waals surface area contributed by atoms with Crippen LogP contribution in [-0.2, 0) is 0 Å². The van der Waals surface area contributed by atoms with Gasteiger partial charge in [-0.1, -0.05) is 182 Å². The molecule has 0 aliphatic carbocycles. The van der Waals surface area contributed by atoms with Gasteiger partial charge < -0.3 is 4.90 Å². The highest BCUT2D eigenvalue weighted by Gasteiger charge is 2.15.